The molecule has 4 aromatic rings. The molecule has 1 aromatic heterocycles. The molecule has 42 heavy (non-hydrogen) atoms. The van der Waals surface area contributed by atoms with Gasteiger partial charge in [-0.3, -0.25) is 19.2 Å². The molecule has 12 nitrogen and oxygen atoms in total. The molecular weight excluding hydrogens is 540 g/mol. The van der Waals surface area contributed by atoms with Crippen LogP contribution in [0.2, 0.25) is 0 Å². The lowest BCUT2D eigenvalue weighted by Gasteiger charge is -2.32. The second-order valence-corrected chi connectivity index (χ2v) is 10.2. The molecule has 0 saturated carbocycles. The van der Waals surface area contributed by atoms with Crippen LogP contribution in [0.4, 0.5) is 11.4 Å². The number of benzene rings is 2. The molecule has 0 saturated heterocycles. The van der Waals surface area contributed by atoms with E-state index >= 15 is 0 Å². The summed E-state index contributed by atoms with van der Waals surface area (Å²) in [5.41, 5.74) is 9.24. The van der Waals surface area contributed by atoms with E-state index in [1.54, 1.807) is 26.0 Å². The molecule has 0 spiro atoms. The van der Waals surface area contributed by atoms with E-state index in [1.165, 1.54) is 12.1 Å². The second-order valence-electron chi connectivity index (χ2n) is 10.2. The van der Waals surface area contributed by atoms with Crippen molar-refractivity contribution in [3.8, 4) is 0 Å². The van der Waals surface area contributed by atoms with Gasteiger partial charge in [-0.15, -0.1) is 0 Å². The number of aromatic nitrogens is 2. The number of fused-ring (bicyclic) bond motifs is 1. The standard InChI is InChI=1S/C30H28N6O6/c1-15-9-19(5-6-21(15)30(41)42)16(2)35-29(40)23-11-22(33-14-34-23)28(39)32-12-17-3-4-18-7-8-36(13-20(18)10-17)25-24(31)26(37)27(25)38/h3-6,9-11,14,16H,7-8,12-13,31H2,1-2H3,(H,32,39)(H,35,40)(H,41,42)/t16-/m0/s1. The van der Waals surface area contributed by atoms with E-state index in [4.69, 9.17) is 5.73 Å². The summed E-state index contributed by atoms with van der Waals surface area (Å²) in [6.45, 7) is 4.65. The van der Waals surface area contributed by atoms with Gasteiger partial charge in [-0.1, -0.05) is 30.3 Å². The van der Waals surface area contributed by atoms with Gasteiger partial charge in [0.05, 0.1) is 11.6 Å². The number of nitrogen functional groups attached to an aromatic ring is 1. The van der Waals surface area contributed by atoms with Crippen LogP contribution in [0.15, 0.2) is 58.4 Å². The van der Waals surface area contributed by atoms with Gasteiger partial charge in [0.25, 0.3) is 22.7 Å². The Balaban J connectivity index is 1.21. The number of nitrogens with two attached hydrogens (primary N) is 1. The lowest BCUT2D eigenvalue weighted by molar-refractivity contribution is 0.0695. The average Bonchev–Trinajstić information content (AvgIpc) is 2.99. The summed E-state index contributed by atoms with van der Waals surface area (Å²) in [6.07, 6.45) is 1.83. The number of carbonyl (C=O) groups is 3. The van der Waals surface area contributed by atoms with Crippen LogP contribution in [0.3, 0.4) is 0 Å². The molecule has 1 aliphatic heterocycles. The van der Waals surface area contributed by atoms with Crippen LogP contribution in [0, 0.1) is 6.92 Å². The third-order valence-corrected chi connectivity index (χ3v) is 7.43. The number of carboxylic acids is 1. The maximum atomic E-state index is 12.9. The first-order valence-corrected chi connectivity index (χ1v) is 13.2. The Morgan fingerprint density at radius 1 is 1.00 bits per heavy atom. The first kappa shape index (κ1) is 28.1. The number of carbonyl (C=O) groups excluding carboxylic acids is 2. The Hall–Kier alpha value is -5.39. The highest BCUT2D eigenvalue weighted by molar-refractivity contribution is 5.97. The average molecular weight is 569 g/mol. The predicted octanol–water partition coefficient (Wildman–Crippen LogP) is 1.65. The van der Waals surface area contributed by atoms with Gasteiger partial charge in [0.1, 0.15) is 29.1 Å². The number of rotatable bonds is 8. The van der Waals surface area contributed by atoms with Gasteiger partial charge in [-0.25, -0.2) is 14.8 Å². The number of hydrogen-bond donors (Lipinski definition) is 4. The van der Waals surface area contributed by atoms with Crippen molar-refractivity contribution < 1.29 is 19.5 Å². The van der Waals surface area contributed by atoms with Crippen molar-refractivity contribution >= 4 is 29.2 Å². The van der Waals surface area contributed by atoms with Crippen molar-refractivity contribution in [2.24, 2.45) is 0 Å². The summed E-state index contributed by atoms with van der Waals surface area (Å²) in [6, 6.07) is 11.5. The minimum Gasteiger partial charge on any atom is -0.478 e. The zero-order chi connectivity index (χ0) is 30.1. The lowest BCUT2D eigenvalue weighted by atomic mass is 9.96. The molecule has 12 heteroatoms. The van der Waals surface area contributed by atoms with Gasteiger partial charge in [-0.05, 0) is 54.2 Å². The molecule has 5 rings (SSSR count). The molecule has 0 bridgehead atoms. The Morgan fingerprint density at radius 3 is 2.43 bits per heavy atom. The summed E-state index contributed by atoms with van der Waals surface area (Å²) < 4.78 is 0. The highest BCUT2D eigenvalue weighted by atomic mass is 16.4. The topological polar surface area (TPSA) is 185 Å². The highest BCUT2D eigenvalue weighted by Gasteiger charge is 2.27. The van der Waals surface area contributed by atoms with E-state index in [1.807, 2.05) is 23.1 Å². The Kier molecular flexibility index (Phi) is 7.53. The molecule has 0 radical (unpaired) electrons. The van der Waals surface area contributed by atoms with E-state index in [0.29, 0.717) is 25.1 Å². The van der Waals surface area contributed by atoms with Gasteiger partial charge in [-0.2, -0.15) is 0 Å². The van der Waals surface area contributed by atoms with Crippen LogP contribution in [0.1, 0.15) is 72.1 Å². The van der Waals surface area contributed by atoms with E-state index in [2.05, 4.69) is 20.6 Å². The first-order chi connectivity index (χ1) is 20.0. The van der Waals surface area contributed by atoms with Crippen molar-refractivity contribution in [3.63, 3.8) is 0 Å². The van der Waals surface area contributed by atoms with Crippen molar-refractivity contribution in [1.82, 2.24) is 20.6 Å². The Labute approximate surface area is 239 Å². The second kappa shape index (κ2) is 11.2. The SMILES string of the molecule is Cc1cc([C@H](C)NC(=O)c2cc(C(=O)NCc3ccc4c(c3)CN(c3c(N)c(=O)c3=O)CC4)ncn2)ccc1C(=O)O. The largest absolute Gasteiger partial charge is 0.478 e. The molecule has 1 aliphatic rings. The van der Waals surface area contributed by atoms with Gasteiger partial charge in [0.2, 0.25) is 0 Å². The number of aryl methyl sites for hydroxylation is 1. The van der Waals surface area contributed by atoms with Crippen molar-refractivity contribution in [1.29, 1.82) is 0 Å². The van der Waals surface area contributed by atoms with E-state index in [-0.39, 0.29) is 34.9 Å². The number of nitrogens with one attached hydrogen (secondary N) is 2. The van der Waals surface area contributed by atoms with Gasteiger partial charge < -0.3 is 26.4 Å². The smallest absolute Gasteiger partial charge is 0.335 e. The fourth-order valence-corrected chi connectivity index (χ4v) is 5.05. The first-order valence-electron chi connectivity index (χ1n) is 13.2. The normalized spacial score (nSPS) is 13.3. The quantitative estimate of drug-likeness (QED) is 0.228. The third kappa shape index (κ3) is 5.46. The zero-order valence-corrected chi connectivity index (χ0v) is 22.9. The summed E-state index contributed by atoms with van der Waals surface area (Å²) >= 11 is 0. The van der Waals surface area contributed by atoms with E-state index in [0.717, 1.165) is 28.6 Å². The molecule has 3 aromatic carbocycles. The van der Waals surface area contributed by atoms with Crippen molar-refractivity contribution in [2.45, 2.75) is 39.4 Å². The molecule has 0 fully saturated rings. The Bertz CT molecular complexity index is 1810. The van der Waals surface area contributed by atoms with Gasteiger partial charge in [0.15, 0.2) is 0 Å². The molecule has 5 N–H and O–H groups in total. The number of nitrogens with zero attached hydrogens (tertiary/aromatic N) is 3. The molecule has 0 aliphatic carbocycles. The lowest BCUT2D eigenvalue weighted by Crippen LogP contribution is -2.44. The van der Waals surface area contributed by atoms with Crippen LogP contribution in [0.25, 0.3) is 0 Å². The minimum atomic E-state index is -1.02. The molecule has 1 atom stereocenters. The number of hydrogen-bond acceptors (Lipinski definition) is 9. The monoisotopic (exact) mass is 568 g/mol. The molecule has 2 amide bonds. The summed E-state index contributed by atoms with van der Waals surface area (Å²) in [5, 5.41) is 14.8. The van der Waals surface area contributed by atoms with E-state index in [9.17, 15) is 29.1 Å². The molecular formula is C30H28N6O6. The molecule has 2 heterocycles. The van der Waals surface area contributed by atoms with Crippen LogP contribution >= 0.6 is 0 Å². The maximum absolute atomic E-state index is 12.9. The van der Waals surface area contributed by atoms with Crippen LogP contribution in [0.5, 0.6) is 0 Å². The minimum absolute atomic E-state index is 0.00344. The summed E-state index contributed by atoms with van der Waals surface area (Å²) in [5.74, 6) is -2.03. The number of carboxylic acid groups (broad SMARTS) is 1. The summed E-state index contributed by atoms with van der Waals surface area (Å²) in [7, 11) is 0. The van der Waals surface area contributed by atoms with E-state index < -0.39 is 34.7 Å². The predicted molar refractivity (Wildman–Crippen MR) is 154 cm³/mol. The van der Waals surface area contributed by atoms with Crippen LogP contribution in [-0.4, -0.2) is 39.4 Å². The highest BCUT2D eigenvalue weighted by Crippen LogP contribution is 2.26. The number of aromatic carboxylic acids is 1. The zero-order valence-electron chi connectivity index (χ0n) is 22.9. The fourth-order valence-electron chi connectivity index (χ4n) is 5.05. The number of amides is 2. The Morgan fingerprint density at radius 2 is 1.74 bits per heavy atom. The van der Waals surface area contributed by atoms with Gasteiger partial charge >= 0.3 is 5.97 Å². The fraction of sp³-hybridized carbons (Fsp3) is 0.233. The van der Waals surface area contributed by atoms with Crippen LogP contribution in [-0.2, 0) is 19.5 Å². The van der Waals surface area contributed by atoms with Gasteiger partial charge in [0, 0.05) is 25.7 Å². The van der Waals surface area contributed by atoms with Crippen molar-refractivity contribution in [2.75, 3.05) is 17.2 Å². The summed E-state index contributed by atoms with van der Waals surface area (Å²) in [4.78, 5) is 70.3. The number of anilines is 2. The van der Waals surface area contributed by atoms with Crippen molar-refractivity contribution in [3.05, 3.63) is 114 Å². The molecule has 0 unspecified atom stereocenters. The molecule has 214 valence electrons. The third-order valence-electron chi connectivity index (χ3n) is 7.43. The maximum Gasteiger partial charge on any atom is 0.335 e. The van der Waals surface area contributed by atoms with Crippen LogP contribution < -0.4 is 32.1 Å².